The molecule has 6 rings (SSSR count). The van der Waals surface area contributed by atoms with Crippen LogP contribution in [-0.2, 0) is 7.05 Å². The molecule has 1 atom stereocenters. The third-order valence-electron chi connectivity index (χ3n) is 5.99. The van der Waals surface area contributed by atoms with Gasteiger partial charge in [-0.25, -0.2) is 24.0 Å². The Morgan fingerprint density at radius 1 is 1.18 bits per heavy atom. The molecule has 1 aliphatic heterocycles. The maximum Gasteiger partial charge on any atom is 0.330 e. The van der Waals surface area contributed by atoms with E-state index in [1.165, 1.54) is 16.7 Å². The number of aryl methyl sites for hydroxylation is 1. The van der Waals surface area contributed by atoms with E-state index in [1.807, 2.05) is 0 Å². The molecule has 0 fully saturated rings. The summed E-state index contributed by atoms with van der Waals surface area (Å²) in [6, 6.07) is 9.09. The average Bonchev–Trinajstić information content (AvgIpc) is 3.36. The SMILES string of the molecule is [C-]#[N+]c1ccc2ncn(-c3ncc4c(n3)n(C3CCOc5ccc(F)cc53)c(=O)n4C)c2c1. The molecule has 0 saturated heterocycles. The van der Waals surface area contributed by atoms with Crippen LogP contribution in [0, 0.1) is 12.4 Å². The quantitative estimate of drug-likeness (QED) is 0.392. The van der Waals surface area contributed by atoms with E-state index in [4.69, 9.17) is 16.3 Å². The molecule has 162 valence electrons. The Kier molecular flexibility index (Phi) is 4.07. The van der Waals surface area contributed by atoms with Crippen molar-refractivity contribution in [3.63, 3.8) is 0 Å². The Morgan fingerprint density at radius 3 is 2.91 bits per heavy atom. The lowest BCUT2D eigenvalue weighted by atomic mass is 10.00. The molecule has 0 amide bonds. The summed E-state index contributed by atoms with van der Waals surface area (Å²) >= 11 is 0. The Labute approximate surface area is 186 Å². The lowest BCUT2D eigenvalue weighted by Crippen LogP contribution is -2.30. The molecule has 0 saturated carbocycles. The Bertz CT molecular complexity index is 1670. The van der Waals surface area contributed by atoms with Gasteiger partial charge >= 0.3 is 5.69 Å². The second-order valence-electron chi connectivity index (χ2n) is 7.82. The van der Waals surface area contributed by atoms with Crippen molar-refractivity contribution in [2.75, 3.05) is 6.61 Å². The topological polar surface area (TPSA) is 84.1 Å². The van der Waals surface area contributed by atoms with Crippen LogP contribution in [-0.4, -0.2) is 35.3 Å². The largest absolute Gasteiger partial charge is 0.493 e. The Balaban J connectivity index is 1.59. The number of nitrogens with zero attached hydrogens (tertiary/aromatic N) is 7. The minimum Gasteiger partial charge on any atom is -0.493 e. The van der Waals surface area contributed by atoms with Gasteiger partial charge in [0.1, 0.15) is 23.4 Å². The zero-order valence-corrected chi connectivity index (χ0v) is 17.4. The first kappa shape index (κ1) is 19.2. The summed E-state index contributed by atoms with van der Waals surface area (Å²) in [7, 11) is 1.66. The Hall–Kier alpha value is -4.52. The van der Waals surface area contributed by atoms with Gasteiger partial charge in [-0.05, 0) is 30.3 Å². The van der Waals surface area contributed by atoms with E-state index in [0.29, 0.717) is 58.2 Å². The number of hydrogen-bond donors (Lipinski definition) is 0. The van der Waals surface area contributed by atoms with Crippen LogP contribution < -0.4 is 10.4 Å². The second kappa shape index (κ2) is 7.00. The summed E-state index contributed by atoms with van der Waals surface area (Å²) in [5, 5.41) is 0. The minimum absolute atomic E-state index is 0.274. The fraction of sp³-hybridized carbons (Fsp3) is 0.174. The van der Waals surface area contributed by atoms with Crippen LogP contribution in [0.5, 0.6) is 5.75 Å². The number of fused-ring (bicyclic) bond motifs is 3. The summed E-state index contributed by atoms with van der Waals surface area (Å²) in [5.41, 5.74) is 3.17. The first-order valence-corrected chi connectivity index (χ1v) is 10.3. The monoisotopic (exact) mass is 441 g/mol. The first-order valence-electron chi connectivity index (χ1n) is 10.3. The minimum atomic E-state index is -0.434. The highest BCUT2D eigenvalue weighted by Crippen LogP contribution is 2.36. The maximum absolute atomic E-state index is 14.1. The van der Waals surface area contributed by atoms with Gasteiger partial charge in [0.15, 0.2) is 11.3 Å². The van der Waals surface area contributed by atoms with Gasteiger partial charge in [0.05, 0.1) is 36.5 Å². The van der Waals surface area contributed by atoms with Crippen LogP contribution in [0.1, 0.15) is 18.0 Å². The highest BCUT2D eigenvalue weighted by molar-refractivity contribution is 5.81. The molecule has 5 aromatic rings. The van der Waals surface area contributed by atoms with E-state index in [1.54, 1.807) is 53.0 Å². The number of hydrogen-bond acceptors (Lipinski definition) is 5. The summed E-state index contributed by atoms with van der Waals surface area (Å²) in [4.78, 5) is 30.3. The standard InChI is InChI=1S/C23H16FN7O2/c1-25-14-4-5-16-18(10-14)30(12-27-16)22-26-11-19-21(28-22)31(23(32)29(19)2)17-7-8-33-20-6-3-13(24)9-15(17)20/h3-6,9-12,17H,7-8H2,2H3. The third-order valence-corrected chi connectivity index (χ3v) is 5.99. The van der Waals surface area contributed by atoms with Crippen molar-refractivity contribution < 1.29 is 9.13 Å². The zero-order chi connectivity index (χ0) is 22.7. The molecule has 10 heteroatoms. The van der Waals surface area contributed by atoms with E-state index < -0.39 is 11.9 Å². The van der Waals surface area contributed by atoms with Gasteiger partial charge in [0, 0.05) is 19.0 Å². The normalized spacial score (nSPS) is 15.4. The van der Waals surface area contributed by atoms with Crippen molar-refractivity contribution in [3.8, 4) is 11.7 Å². The molecule has 4 heterocycles. The van der Waals surface area contributed by atoms with Crippen LogP contribution in [0.4, 0.5) is 10.1 Å². The fourth-order valence-electron chi connectivity index (χ4n) is 4.36. The molecule has 3 aromatic heterocycles. The number of halogens is 1. The van der Waals surface area contributed by atoms with Crippen molar-refractivity contribution in [2.24, 2.45) is 7.05 Å². The Morgan fingerprint density at radius 2 is 2.06 bits per heavy atom. The molecule has 0 spiro atoms. The molecular weight excluding hydrogens is 425 g/mol. The van der Waals surface area contributed by atoms with Gasteiger partial charge in [-0.2, -0.15) is 4.98 Å². The fourth-order valence-corrected chi connectivity index (χ4v) is 4.36. The van der Waals surface area contributed by atoms with Gasteiger partial charge in [0.25, 0.3) is 0 Å². The van der Waals surface area contributed by atoms with Crippen LogP contribution >= 0.6 is 0 Å². The number of imidazole rings is 2. The molecule has 9 nitrogen and oxygen atoms in total. The third kappa shape index (κ3) is 2.82. The smallest absolute Gasteiger partial charge is 0.330 e. The number of rotatable bonds is 2. The van der Waals surface area contributed by atoms with Crippen molar-refractivity contribution in [3.05, 3.63) is 82.2 Å². The molecule has 33 heavy (non-hydrogen) atoms. The van der Waals surface area contributed by atoms with Crippen molar-refractivity contribution in [1.29, 1.82) is 0 Å². The predicted octanol–water partition coefficient (Wildman–Crippen LogP) is 3.53. The lowest BCUT2D eigenvalue weighted by molar-refractivity contribution is 0.255. The number of aromatic nitrogens is 6. The molecule has 0 radical (unpaired) electrons. The van der Waals surface area contributed by atoms with Crippen molar-refractivity contribution in [2.45, 2.75) is 12.5 Å². The average molecular weight is 441 g/mol. The molecule has 0 N–H and O–H groups in total. The van der Waals surface area contributed by atoms with Gasteiger partial charge in [-0.3, -0.25) is 13.7 Å². The van der Waals surface area contributed by atoms with E-state index in [9.17, 15) is 9.18 Å². The van der Waals surface area contributed by atoms with Crippen LogP contribution in [0.15, 0.2) is 53.7 Å². The second-order valence-corrected chi connectivity index (χ2v) is 7.82. The predicted molar refractivity (Wildman–Crippen MR) is 118 cm³/mol. The van der Waals surface area contributed by atoms with E-state index in [-0.39, 0.29) is 5.69 Å². The molecular formula is C23H16FN7O2. The number of benzene rings is 2. The molecule has 1 aliphatic rings. The van der Waals surface area contributed by atoms with Gasteiger partial charge in [-0.15, -0.1) is 0 Å². The summed E-state index contributed by atoms with van der Waals surface area (Å²) in [6.07, 6.45) is 3.67. The lowest BCUT2D eigenvalue weighted by Gasteiger charge is -2.26. The number of ether oxygens (including phenoxy) is 1. The highest BCUT2D eigenvalue weighted by atomic mass is 19.1. The van der Waals surface area contributed by atoms with Gasteiger partial charge < -0.3 is 4.74 Å². The van der Waals surface area contributed by atoms with Crippen LogP contribution in [0.3, 0.4) is 0 Å². The van der Waals surface area contributed by atoms with E-state index >= 15 is 0 Å². The van der Waals surface area contributed by atoms with E-state index in [2.05, 4.69) is 14.8 Å². The first-order chi connectivity index (χ1) is 16.0. The van der Waals surface area contributed by atoms with Crippen LogP contribution in [0.2, 0.25) is 0 Å². The molecule has 2 aromatic carbocycles. The molecule has 0 aliphatic carbocycles. The van der Waals surface area contributed by atoms with Gasteiger partial charge in [-0.1, -0.05) is 6.07 Å². The molecule has 0 bridgehead atoms. The van der Waals surface area contributed by atoms with Gasteiger partial charge in [0.2, 0.25) is 5.95 Å². The van der Waals surface area contributed by atoms with E-state index in [0.717, 1.165) is 0 Å². The van der Waals surface area contributed by atoms with Crippen LogP contribution in [0.25, 0.3) is 33.0 Å². The summed E-state index contributed by atoms with van der Waals surface area (Å²) < 4.78 is 24.5. The zero-order valence-electron chi connectivity index (χ0n) is 17.4. The summed E-state index contributed by atoms with van der Waals surface area (Å²) in [5.74, 6) is 0.476. The van der Waals surface area contributed by atoms with Crippen molar-refractivity contribution in [1.82, 2.24) is 28.7 Å². The highest BCUT2D eigenvalue weighted by Gasteiger charge is 2.28. The summed E-state index contributed by atoms with van der Waals surface area (Å²) in [6.45, 7) is 7.68. The van der Waals surface area contributed by atoms with Crippen molar-refractivity contribution >= 4 is 27.9 Å². The maximum atomic E-state index is 14.1. The molecule has 1 unspecified atom stereocenters.